The van der Waals surface area contributed by atoms with Crippen molar-refractivity contribution in [2.45, 2.75) is 13.0 Å². The monoisotopic (exact) mass is 285 g/mol. The maximum absolute atomic E-state index is 8.67. The van der Waals surface area contributed by atoms with E-state index >= 15 is 0 Å². The largest absolute Gasteiger partial charge is 0.488 e. The molecule has 5 nitrogen and oxygen atoms in total. The first-order chi connectivity index (χ1) is 8.90. The summed E-state index contributed by atoms with van der Waals surface area (Å²) in [5.74, 6) is 1.32. The predicted octanol–water partition coefficient (Wildman–Crippen LogP) is 2.44. The summed E-state index contributed by atoms with van der Waals surface area (Å²) in [4.78, 5) is 0. The molecule has 0 radical (unpaired) electrons. The van der Waals surface area contributed by atoms with Crippen molar-refractivity contribution >= 4 is 12.4 Å². The molecule has 0 atom stereocenters. The molecular weight excluding hydrogens is 270 g/mol. The number of aliphatic hydroxyl groups is 1. The molecule has 0 bridgehead atoms. The van der Waals surface area contributed by atoms with Crippen LogP contribution in [0, 0.1) is 0 Å². The second kappa shape index (κ2) is 8.39. The van der Waals surface area contributed by atoms with Crippen molar-refractivity contribution in [3.63, 3.8) is 0 Å². The molecule has 0 aliphatic rings. The zero-order valence-electron chi connectivity index (χ0n) is 10.3. The van der Waals surface area contributed by atoms with E-state index in [1.165, 1.54) is 6.26 Å². The van der Waals surface area contributed by atoms with Crippen molar-refractivity contribution in [2.24, 2.45) is 0 Å². The van der Waals surface area contributed by atoms with Gasteiger partial charge in [0.05, 0.1) is 6.61 Å². The predicted molar refractivity (Wildman–Crippen MR) is 71.7 cm³/mol. The lowest BCUT2D eigenvalue weighted by atomic mass is 10.3. The minimum Gasteiger partial charge on any atom is -0.488 e. The van der Waals surface area contributed by atoms with Crippen LogP contribution in [0.1, 0.15) is 12.1 Å². The van der Waals surface area contributed by atoms with E-state index in [-0.39, 0.29) is 25.6 Å². The van der Waals surface area contributed by atoms with Crippen LogP contribution in [0.4, 0.5) is 0 Å². The first kappa shape index (κ1) is 15.3. The molecule has 0 saturated heterocycles. The van der Waals surface area contributed by atoms with Gasteiger partial charge in [-0.25, -0.2) is 0 Å². The van der Waals surface area contributed by atoms with Gasteiger partial charge >= 0.3 is 0 Å². The second-order valence-electron chi connectivity index (χ2n) is 3.65. The number of aliphatic hydroxyl groups excluding tert-OH is 1. The Morgan fingerprint density at radius 3 is 2.68 bits per heavy atom. The molecular formula is C13H16ClNO4. The van der Waals surface area contributed by atoms with Crippen LogP contribution in [0.15, 0.2) is 41.1 Å². The highest BCUT2D eigenvalue weighted by molar-refractivity contribution is 5.85. The molecule has 0 unspecified atom stereocenters. The van der Waals surface area contributed by atoms with E-state index in [2.05, 4.69) is 5.16 Å². The van der Waals surface area contributed by atoms with Crippen LogP contribution in [0.5, 0.6) is 11.5 Å². The number of aromatic nitrogens is 1. The third-order valence-corrected chi connectivity index (χ3v) is 2.29. The fourth-order valence-corrected chi connectivity index (χ4v) is 1.38. The van der Waals surface area contributed by atoms with E-state index in [1.807, 2.05) is 30.3 Å². The fourth-order valence-electron chi connectivity index (χ4n) is 1.38. The Labute approximate surface area is 117 Å². The van der Waals surface area contributed by atoms with Crippen molar-refractivity contribution in [1.82, 2.24) is 5.16 Å². The maximum atomic E-state index is 8.67. The van der Waals surface area contributed by atoms with Crippen molar-refractivity contribution < 1.29 is 19.1 Å². The SMILES string of the molecule is Cl.OCCCOc1conc1COc1ccccc1. The highest BCUT2D eigenvalue weighted by Gasteiger charge is 2.09. The maximum Gasteiger partial charge on any atom is 0.185 e. The highest BCUT2D eigenvalue weighted by Crippen LogP contribution is 2.19. The van der Waals surface area contributed by atoms with Gasteiger partial charge in [0, 0.05) is 13.0 Å². The number of hydrogen-bond donors (Lipinski definition) is 1. The molecule has 104 valence electrons. The summed E-state index contributed by atoms with van der Waals surface area (Å²) < 4.78 is 15.8. The molecule has 0 fully saturated rings. The summed E-state index contributed by atoms with van der Waals surface area (Å²) in [6, 6.07) is 9.46. The summed E-state index contributed by atoms with van der Waals surface area (Å²) >= 11 is 0. The van der Waals surface area contributed by atoms with E-state index < -0.39 is 0 Å². The molecule has 2 aromatic rings. The highest BCUT2D eigenvalue weighted by atomic mass is 35.5. The molecule has 1 aromatic carbocycles. The quantitative estimate of drug-likeness (QED) is 0.792. The van der Waals surface area contributed by atoms with Gasteiger partial charge in [0.2, 0.25) is 0 Å². The average Bonchev–Trinajstić information content (AvgIpc) is 2.86. The molecule has 0 aliphatic carbocycles. The molecule has 1 aromatic heterocycles. The summed E-state index contributed by atoms with van der Waals surface area (Å²) in [5, 5.41) is 12.5. The zero-order chi connectivity index (χ0) is 12.6. The molecule has 1 N–H and O–H groups in total. The third kappa shape index (κ3) is 4.81. The van der Waals surface area contributed by atoms with Gasteiger partial charge < -0.3 is 19.1 Å². The average molecular weight is 286 g/mol. The van der Waals surface area contributed by atoms with Gasteiger partial charge in [-0.2, -0.15) is 0 Å². The van der Waals surface area contributed by atoms with Crippen LogP contribution in [0.3, 0.4) is 0 Å². The van der Waals surface area contributed by atoms with E-state index in [9.17, 15) is 0 Å². The first-order valence-corrected chi connectivity index (χ1v) is 5.75. The summed E-state index contributed by atoms with van der Waals surface area (Å²) in [6.07, 6.45) is 2.01. The minimum absolute atomic E-state index is 0. The summed E-state index contributed by atoms with van der Waals surface area (Å²) in [6.45, 7) is 0.812. The number of rotatable bonds is 7. The number of hydrogen-bond acceptors (Lipinski definition) is 5. The normalized spacial score (nSPS) is 9.74. The van der Waals surface area contributed by atoms with E-state index in [4.69, 9.17) is 19.1 Å². The lowest BCUT2D eigenvalue weighted by Gasteiger charge is -2.06. The molecule has 2 rings (SSSR count). The molecule has 1 heterocycles. The third-order valence-electron chi connectivity index (χ3n) is 2.29. The van der Waals surface area contributed by atoms with Crippen LogP contribution in [0.25, 0.3) is 0 Å². The second-order valence-corrected chi connectivity index (χ2v) is 3.65. The topological polar surface area (TPSA) is 64.7 Å². The molecule has 6 heteroatoms. The van der Waals surface area contributed by atoms with Crippen LogP contribution in [-0.2, 0) is 6.61 Å². The zero-order valence-corrected chi connectivity index (χ0v) is 11.1. The van der Waals surface area contributed by atoms with Crippen LogP contribution >= 0.6 is 12.4 Å². The van der Waals surface area contributed by atoms with Crippen LogP contribution < -0.4 is 9.47 Å². The summed E-state index contributed by atoms with van der Waals surface area (Å²) in [7, 11) is 0. The molecule has 19 heavy (non-hydrogen) atoms. The van der Waals surface area contributed by atoms with Crippen LogP contribution in [-0.4, -0.2) is 23.5 Å². The first-order valence-electron chi connectivity index (χ1n) is 5.75. The lowest BCUT2D eigenvalue weighted by Crippen LogP contribution is -2.03. The molecule has 0 aliphatic heterocycles. The Hall–Kier alpha value is -1.72. The molecule has 0 spiro atoms. The van der Waals surface area contributed by atoms with Gasteiger partial charge in [0.25, 0.3) is 0 Å². The van der Waals surface area contributed by atoms with Crippen LogP contribution in [0.2, 0.25) is 0 Å². The van der Waals surface area contributed by atoms with Crippen molar-refractivity contribution in [2.75, 3.05) is 13.2 Å². The van der Waals surface area contributed by atoms with Gasteiger partial charge in [-0.3, -0.25) is 0 Å². The summed E-state index contributed by atoms with van der Waals surface area (Å²) in [5.41, 5.74) is 0.608. The molecule has 0 amide bonds. The minimum atomic E-state index is 0. The smallest absolute Gasteiger partial charge is 0.185 e. The van der Waals surface area contributed by atoms with E-state index in [0.29, 0.717) is 24.5 Å². The Bertz CT molecular complexity index is 461. The van der Waals surface area contributed by atoms with Crippen molar-refractivity contribution in [3.8, 4) is 11.5 Å². The number of ether oxygens (including phenoxy) is 2. The van der Waals surface area contributed by atoms with E-state index in [1.54, 1.807) is 0 Å². The lowest BCUT2D eigenvalue weighted by molar-refractivity contribution is 0.228. The Kier molecular flexibility index (Phi) is 6.78. The molecule has 0 saturated carbocycles. The Morgan fingerprint density at radius 1 is 1.16 bits per heavy atom. The fraction of sp³-hybridized carbons (Fsp3) is 0.308. The van der Waals surface area contributed by atoms with E-state index in [0.717, 1.165) is 5.75 Å². The number of para-hydroxylation sites is 1. The van der Waals surface area contributed by atoms with Gasteiger partial charge in [-0.1, -0.05) is 23.4 Å². The standard InChI is InChI=1S/C13H15NO4.ClH/c15-7-4-8-16-13-10-18-14-12(13)9-17-11-5-2-1-3-6-11;/h1-3,5-6,10,15H,4,7-9H2;1H. The van der Waals surface area contributed by atoms with Gasteiger partial charge in [0.15, 0.2) is 17.7 Å². The van der Waals surface area contributed by atoms with Gasteiger partial charge in [-0.05, 0) is 12.1 Å². The number of nitrogens with zero attached hydrogens (tertiary/aromatic N) is 1. The van der Waals surface area contributed by atoms with Gasteiger partial charge in [-0.15, -0.1) is 12.4 Å². The Morgan fingerprint density at radius 2 is 1.95 bits per heavy atom. The Balaban J connectivity index is 0.00000180. The van der Waals surface area contributed by atoms with Gasteiger partial charge in [0.1, 0.15) is 12.4 Å². The number of benzene rings is 1. The van der Waals surface area contributed by atoms with Crippen molar-refractivity contribution in [1.29, 1.82) is 0 Å². The number of halogens is 1. The van der Waals surface area contributed by atoms with Crippen molar-refractivity contribution in [3.05, 3.63) is 42.3 Å².